The van der Waals surface area contributed by atoms with E-state index in [2.05, 4.69) is 42.3 Å². The predicted octanol–water partition coefficient (Wildman–Crippen LogP) is 5.62. The highest BCUT2D eigenvalue weighted by atomic mass is 32.1. The largest absolute Gasteiger partial charge is 0.490 e. The van der Waals surface area contributed by atoms with Crippen molar-refractivity contribution in [1.82, 2.24) is 4.98 Å². The normalized spacial score (nSPS) is 10.6. The highest BCUT2D eigenvalue weighted by Crippen LogP contribution is 2.29. The van der Waals surface area contributed by atoms with E-state index < -0.39 is 0 Å². The summed E-state index contributed by atoms with van der Waals surface area (Å²) in [6, 6.07) is 13.9. The molecule has 0 atom stereocenters. The number of amides is 1. The van der Waals surface area contributed by atoms with Gasteiger partial charge in [-0.3, -0.25) is 4.79 Å². The van der Waals surface area contributed by atoms with Crippen molar-refractivity contribution in [2.24, 2.45) is 0 Å². The first kappa shape index (κ1) is 20.9. The van der Waals surface area contributed by atoms with Crippen LogP contribution in [0.15, 0.2) is 47.8 Å². The van der Waals surface area contributed by atoms with Gasteiger partial charge in [-0.1, -0.05) is 29.8 Å². The van der Waals surface area contributed by atoms with Crippen molar-refractivity contribution in [2.75, 3.05) is 18.5 Å². The third-order valence-corrected chi connectivity index (χ3v) is 5.13. The summed E-state index contributed by atoms with van der Waals surface area (Å²) in [6.45, 7) is 7.10. The maximum absolute atomic E-state index is 12.2. The number of anilines is 1. The molecule has 0 fully saturated rings. The fraction of sp³-hybridized carbons (Fsp3) is 0.304. The van der Waals surface area contributed by atoms with Gasteiger partial charge in [-0.25, -0.2) is 4.98 Å². The van der Waals surface area contributed by atoms with E-state index in [-0.39, 0.29) is 5.91 Å². The summed E-state index contributed by atoms with van der Waals surface area (Å²) < 4.78 is 11.3. The predicted molar refractivity (Wildman–Crippen MR) is 118 cm³/mol. The zero-order valence-corrected chi connectivity index (χ0v) is 17.8. The molecule has 1 amide bonds. The van der Waals surface area contributed by atoms with Gasteiger partial charge in [-0.05, 0) is 51.0 Å². The zero-order valence-electron chi connectivity index (χ0n) is 17.0. The van der Waals surface area contributed by atoms with E-state index in [9.17, 15) is 4.79 Å². The maximum atomic E-state index is 12.2. The lowest BCUT2D eigenvalue weighted by molar-refractivity contribution is -0.116. The summed E-state index contributed by atoms with van der Waals surface area (Å²) in [7, 11) is 0. The number of nitrogens with one attached hydrogen (secondary N) is 1. The molecule has 0 aliphatic rings. The number of aromatic nitrogens is 1. The lowest BCUT2D eigenvalue weighted by atomic mass is 10.0. The SMILES string of the molecule is CCOc1ccccc1OCCCC(=O)Nc1nc(-c2cc(C)ccc2C)cs1. The van der Waals surface area contributed by atoms with Crippen LogP contribution < -0.4 is 14.8 Å². The minimum absolute atomic E-state index is 0.0615. The second kappa shape index (κ2) is 10.1. The number of hydrogen-bond donors (Lipinski definition) is 1. The van der Waals surface area contributed by atoms with Gasteiger partial charge in [-0.15, -0.1) is 11.3 Å². The number of thiazole rings is 1. The molecular weight excluding hydrogens is 384 g/mol. The molecule has 0 bridgehead atoms. The standard InChI is InChI=1S/C23H26N2O3S/c1-4-27-20-8-5-6-9-21(20)28-13-7-10-22(26)25-23-24-19(15-29-23)18-14-16(2)11-12-17(18)3/h5-6,8-9,11-12,14-15H,4,7,10,13H2,1-3H3,(H,24,25,26). The molecule has 152 valence electrons. The molecule has 1 aromatic heterocycles. The van der Waals surface area contributed by atoms with Crippen molar-refractivity contribution in [3.05, 3.63) is 59.0 Å². The molecule has 0 spiro atoms. The molecule has 5 nitrogen and oxygen atoms in total. The van der Waals surface area contributed by atoms with Crippen molar-refractivity contribution in [3.8, 4) is 22.8 Å². The quantitative estimate of drug-likeness (QED) is 0.465. The van der Waals surface area contributed by atoms with Crippen LogP contribution in [-0.4, -0.2) is 24.1 Å². The Bertz CT molecular complexity index is 968. The van der Waals surface area contributed by atoms with E-state index in [1.165, 1.54) is 22.5 Å². The van der Waals surface area contributed by atoms with Gasteiger partial charge in [0.1, 0.15) is 0 Å². The molecule has 3 rings (SSSR count). The Morgan fingerprint density at radius 1 is 1.10 bits per heavy atom. The number of hydrogen-bond acceptors (Lipinski definition) is 5. The second-order valence-corrected chi connectivity index (χ2v) is 7.59. The van der Waals surface area contributed by atoms with Crippen LogP contribution in [0.25, 0.3) is 11.3 Å². The van der Waals surface area contributed by atoms with Crippen LogP contribution in [0.1, 0.15) is 30.9 Å². The molecular formula is C23H26N2O3S. The van der Waals surface area contributed by atoms with E-state index in [4.69, 9.17) is 9.47 Å². The smallest absolute Gasteiger partial charge is 0.226 e. The monoisotopic (exact) mass is 410 g/mol. The fourth-order valence-electron chi connectivity index (χ4n) is 2.91. The molecule has 0 saturated heterocycles. The second-order valence-electron chi connectivity index (χ2n) is 6.74. The van der Waals surface area contributed by atoms with Gasteiger partial charge in [0.05, 0.1) is 18.9 Å². The molecule has 3 aromatic rings. The van der Waals surface area contributed by atoms with E-state index >= 15 is 0 Å². The number of aryl methyl sites for hydroxylation is 2. The lowest BCUT2D eigenvalue weighted by Gasteiger charge is -2.11. The van der Waals surface area contributed by atoms with Crippen LogP contribution in [0.3, 0.4) is 0 Å². The first-order valence-corrected chi connectivity index (χ1v) is 10.6. The summed E-state index contributed by atoms with van der Waals surface area (Å²) in [5.41, 5.74) is 4.35. The van der Waals surface area contributed by atoms with Crippen molar-refractivity contribution < 1.29 is 14.3 Å². The number of rotatable bonds is 9. The Kier molecular flexibility index (Phi) is 7.25. The number of ether oxygens (including phenoxy) is 2. The summed E-state index contributed by atoms with van der Waals surface area (Å²) in [5, 5.41) is 5.48. The minimum atomic E-state index is -0.0615. The van der Waals surface area contributed by atoms with Crippen LogP contribution in [0, 0.1) is 13.8 Å². The molecule has 0 aliphatic carbocycles. The van der Waals surface area contributed by atoms with E-state index in [0.717, 1.165) is 17.0 Å². The number of carbonyl (C=O) groups excluding carboxylic acids is 1. The summed E-state index contributed by atoms with van der Waals surface area (Å²) in [4.78, 5) is 16.8. The molecule has 1 heterocycles. The van der Waals surface area contributed by atoms with Crippen LogP contribution >= 0.6 is 11.3 Å². The topological polar surface area (TPSA) is 60.5 Å². The van der Waals surface area contributed by atoms with E-state index in [1.807, 2.05) is 36.6 Å². The van der Waals surface area contributed by atoms with Crippen molar-refractivity contribution in [3.63, 3.8) is 0 Å². The minimum Gasteiger partial charge on any atom is -0.490 e. The van der Waals surface area contributed by atoms with Gasteiger partial charge in [0.2, 0.25) is 5.91 Å². The van der Waals surface area contributed by atoms with Gasteiger partial charge in [0.15, 0.2) is 16.6 Å². The Morgan fingerprint density at radius 3 is 2.62 bits per heavy atom. The third-order valence-electron chi connectivity index (χ3n) is 4.37. The Labute approximate surface area is 175 Å². The molecule has 0 saturated carbocycles. The number of para-hydroxylation sites is 2. The first-order chi connectivity index (χ1) is 14.1. The average Bonchev–Trinajstić information content (AvgIpc) is 3.16. The molecule has 0 radical (unpaired) electrons. The van der Waals surface area contributed by atoms with Gasteiger partial charge in [0.25, 0.3) is 0 Å². The Morgan fingerprint density at radius 2 is 1.86 bits per heavy atom. The van der Waals surface area contributed by atoms with E-state index in [1.54, 1.807) is 0 Å². The number of nitrogens with zero attached hydrogens (tertiary/aromatic N) is 1. The maximum Gasteiger partial charge on any atom is 0.226 e. The zero-order chi connectivity index (χ0) is 20.6. The summed E-state index contributed by atoms with van der Waals surface area (Å²) >= 11 is 1.44. The Hall–Kier alpha value is -2.86. The highest BCUT2D eigenvalue weighted by molar-refractivity contribution is 7.14. The average molecular weight is 411 g/mol. The fourth-order valence-corrected chi connectivity index (χ4v) is 3.63. The van der Waals surface area contributed by atoms with Crippen LogP contribution in [0.4, 0.5) is 5.13 Å². The third kappa shape index (κ3) is 5.81. The van der Waals surface area contributed by atoms with Gasteiger partial charge < -0.3 is 14.8 Å². The molecule has 2 aromatic carbocycles. The van der Waals surface area contributed by atoms with Crippen molar-refractivity contribution >= 4 is 22.4 Å². The van der Waals surface area contributed by atoms with Gasteiger partial charge >= 0.3 is 0 Å². The molecule has 6 heteroatoms. The highest BCUT2D eigenvalue weighted by Gasteiger charge is 2.10. The Balaban J connectivity index is 1.48. The van der Waals surface area contributed by atoms with Crippen LogP contribution in [0.5, 0.6) is 11.5 Å². The van der Waals surface area contributed by atoms with Crippen molar-refractivity contribution in [1.29, 1.82) is 0 Å². The summed E-state index contributed by atoms with van der Waals surface area (Å²) in [5.74, 6) is 1.36. The van der Waals surface area contributed by atoms with Crippen LogP contribution in [0.2, 0.25) is 0 Å². The van der Waals surface area contributed by atoms with Gasteiger partial charge in [0, 0.05) is 17.4 Å². The van der Waals surface area contributed by atoms with Crippen molar-refractivity contribution in [2.45, 2.75) is 33.6 Å². The van der Waals surface area contributed by atoms with E-state index in [0.29, 0.717) is 36.9 Å². The molecule has 29 heavy (non-hydrogen) atoms. The number of carbonyl (C=O) groups is 1. The first-order valence-electron chi connectivity index (χ1n) is 9.74. The molecule has 0 aliphatic heterocycles. The van der Waals surface area contributed by atoms with Gasteiger partial charge in [-0.2, -0.15) is 0 Å². The number of benzene rings is 2. The lowest BCUT2D eigenvalue weighted by Crippen LogP contribution is -2.12. The molecule has 0 unspecified atom stereocenters. The molecule has 1 N–H and O–H groups in total. The van der Waals surface area contributed by atoms with Crippen LogP contribution in [-0.2, 0) is 4.79 Å². The summed E-state index contributed by atoms with van der Waals surface area (Å²) in [6.07, 6.45) is 0.983.